The summed E-state index contributed by atoms with van der Waals surface area (Å²) in [5, 5.41) is 2.68. The summed E-state index contributed by atoms with van der Waals surface area (Å²) in [4.78, 5) is 12.2. The standard InChI is InChI=1S/C15H19N3O4S/c1-18(2)23(20,21)14-6-4-3-5-11(14)9-17-15(19)12-7-13(8-16)22-10-12/h3-7,10H,8-9,16H2,1-2H3,(H,17,19). The lowest BCUT2D eigenvalue weighted by Crippen LogP contribution is -2.26. The fourth-order valence-electron chi connectivity index (χ4n) is 1.98. The number of hydrogen-bond donors (Lipinski definition) is 2. The van der Waals surface area contributed by atoms with E-state index in [1.54, 1.807) is 24.3 Å². The molecule has 0 saturated heterocycles. The van der Waals surface area contributed by atoms with Crippen molar-refractivity contribution in [3.8, 4) is 0 Å². The zero-order valence-corrected chi connectivity index (χ0v) is 13.8. The number of carbonyl (C=O) groups excluding carboxylic acids is 1. The van der Waals surface area contributed by atoms with Crippen molar-refractivity contribution in [3.05, 3.63) is 53.5 Å². The van der Waals surface area contributed by atoms with E-state index in [0.29, 0.717) is 16.9 Å². The first-order valence-electron chi connectivity index (χ1n) is 6.92. The van der Waals surface area contributed by atoms with Crippen LogP contribution in [0.25, 0.3) is 0 Å². The molecule has 0 bridgehead atoms. The molecule has 0 aliphatic heterocycles. The number of rotatable bonds is 6. The first-order valence-corrected chi connectivity index (χ1v) is 8.36. The smallest absolute Gasteiger partial charge is 0.254 e. The molecule has 0 saturated carbocycles. The summed E-state index contributed by atoms with van der Waals surface area (Å²) in [5.74, 6) is 0.149. The lowest BCUT2D eigenvalue weighted by Gasteiger charge is -2.15. The maximum Gasteiger partial charge on any atom is 0.254 e. The van der Waals surface area contributed by atoms with Crippen molar-refractivity contribution >= 4 is 15.9 Å². The van der Waals surface area contributed by atoms with Gasteiger partial charge in [0.2, 0.25) is 10.0 Å². The summed E-state index contributed by atoms with van der Waals surface area (Å²) in [6.45, 7) is 0.294. The Morgan fingerprint density at radius 3 is 2.61 bits per heavy atom. The van der Waals surface area contributed by atoms with E-state index in [2.05, 4.69) is 5.32 Å². The van der Waals surface area contributed by atoms with Gasteiger partial charge in [0, 0.05) is 20.6 Å². The molecule has 2 aromatic rings. The second-order valence-corrected chi connectivity index (χ2v) is 7.20. The van der Waals surface area contributed by atoms with Gasteiger partial charge in [-0.05, 0) is 17.7 Å². The fourth-order valence-corrected chi connectivity index (χ4v) is 3.10. The fraction of sp³-hybridized carbons (Fsp3) is 0.267. The Morgan fingerprint density at radius 2 is 2.00 bits per heavy atom. The molecule has 0 aliphatic carbocycles. The Balaban J connectivity index is 2.17. The summed E-state index contributed by atoms with van der Waals surface area (Å²) in [6, 6.07) is 8.10. The van der Waals surface area contributed by atoms with E-state index in [0.717, 1.165) is 4.31 Å². The molecule has 7 nitrogen and oxygen atoms in total. The molecule has 0 atom stereocenters. The van der Waals surface area contributed by atoms with Gasteiger partial charge in [-0.15, -0.1) is 0 Å². The molecule has 1 heterocycles. The predicted molar refractivity (Wildman–Crippen MR) is 85.1 cm³/mol. The highest BCUT2D eigenvalue weighted by molar-refractivity contribution is 7.89. The molecule has 2 rings (SSSR count). The van der Waals surface area contributed by atoms with E-state index < -0.39 is 10.0 Å². The van der Waals surface area contributed by atoms with E-state index >= 15 is 0 Å². The normalized spacial score (nSPS) is 11.7. The van der Waals surface area contributed by atoms with Crippen molar-refractivity contribution < 1.29 is 17.6 Å². The molecule has 0 aliphatic rings. The number of carbonyl (C=O) groups is 1. The molecule has 1 amide bonds. The molecular formula is C15H19N3O4S. The lowest BCUT2D eigenvalue weighted by molar-refractivity contribution is 0.0950. The Morgan fingerprint density at radius 1 is 1.30 bits per heavy atom. The van der Waals surface area contributed by atoms with Crippen LogP contribution in [0.4, 0.5) is 0 Å². The van der Waals surface area contributed by atoms with Gasteiger partial charge in [0.15, 0.2) is 0 Å². The molecule has 0 spiro atoms. The van der Waals surface area contributed by atoms with Crippen molar-refractivity contribution in [1.29, 1.82) is 0 Å². The molecule has 0 fully saturated rings. The predicted octanol–water partition coefficient (Wildman–Crippen LogP) is 0.919. The Kier molecular flexibility index (Phi) is 5.19. The third kappa shape index (κ3) is 3.79. The summed E-state index contributed by atoms with van der Waals surface area (Å²) >= 11 is 0. The van der Waals surface area contributed by atoms with Gasteiger partial charge < -0.3 is 15.5 Å². The molecule has 0 radical (unpaired) electrons. The van der Waals surface area contributed by atoms with E-state index in [1.807, 2.05) is 0 Å². The molecule has 3 N–H and O–H groups in total. The zero-order chi connectivity index (χ0) is 17.0. The number of nitrogens with two attached hydrogens (primary N) is 1. The first kappa shape index (κ1) is 17.2. The molecule has 124 valence electrons. The number of sulfonamides is 1. The van der Waals surface area contributed by atoms with Gasteiger partial charge in [-0.1, -0.05) is 18.2 Å². The van der Waals surface area contributed by atoms with E-state index in [1.165, 1.54) is 26.4 Å². The summed E-state index contributed by atoms with van der Waals surface area (Å²) in [5.41, 5.74) is 6.28. The molecular weight excluding hydrogens is 318 g/mol. The van der Waals surface area contributed by atoms with Crippen LogP contribution in [0.3, 0.4) is 0 Å². The van der Waals surface area contributed by atoms with Gasteiger partial charge in [0.1, 0.15) is 12.0 Å². The summed E-state index contributed by atoms with van der Waals surface area (Å²) in [6.07, 6.45) is 1.32. The van der Waals surface area contributed by atoms with Crippen molar-refractivity contribution in [1.82, 2.24) is 9.62 Å². The van der Waals surface area contributed by atoms with Gasteiger partial charge in [0.05, 0.1) is 17.0 Å². The molecule has 8 heteroatoms. The van der Waals surface area contributed by atoms with Crippen LogP contribution in [-0.4, -0.2) is 32.7 Å². The number of nitrogens with one attached hydrogen (secondary N) is 1. The van der Waals surface area contributed by atoms with Gasteiger partial charge >= 0.3 is 0 Å². The third-order valence-corrected chi connectivity index (χ3v) is 5.20. The molecule has 1 aromatic carbocycles. The lowest BCUT2D eigenvalue weighted by atomic mass is 10.2. The molecule has 0 unspecified atom stereocenters. The highest BCUT2D eigenvalue weighted by Crippen LogP contribution is 2.18. The van der Waals surface area contributed by atoms with Gasteiger partial charge in [-0.25, -0.2) is 12.7 Å². The highest BCUT2D eigenvalue weighted by Gasteiger charge is 2.21. The van der Waals surface area contributed by atoms with Gasteiger partial charge in [0.25, 0.3) is 5.91 Å². The van der Waals surface area contributed by atoms with Crippen LogP contribution < -0.4 is 11.1 Å². The number of benzene rings is 1. The van der Waals surface area contributed by atoms with Crippen LogP contribution in [0.5, 0.6) is 0 Å². The van der Waals surface area contributed by atoms with Crippen LogP contribution >= 0.6 is 0 Å². The second-order valence-electron chi connectivity index (χ2n) is 5.08. The van der Waals surface area contributed by atoms with Crippen molar-refractivity contribution in [2.24, 2.45) is 5.73 Å². The average Bonchev–Trinajstić information content (AvgIpc) is 3.01. The van der Waals surface area contributed by atoms with Crippen LogP contribution in [0.15, 0.2) is 45.9 Å². The van der Waals surface area contributed by atoms with Crippen molar-refractivity contribution in [3.63, 3.8) is 0 Å². The number of nitrogens with zero attached hydrogens (tertiary/aromatic N) is 1. The Hall–Kier alpha value is -2.16. The largest absolute Gasteiger partial charge is 0.467 e. The minimum absolute atomic E-state index is 0.0885. The third-order valence-electron chi connectivity index (χ3n) is 3.29. The minimum Gasteiger partial charge on any atom is -0.467 e. The number of hydrogen-bond acceptors (Lipinski definition) is 5. The average molecular weight is 337 g/mol. The topological polar surface area (TPSA) is 106 Å². The number of amides is 1. The van der Waals surface area contributed by atoms with Crippen LogP contribution in [0, 0.1) is 0 Å². The van der Waals surface area contributed by atoms with E-state index in [9.17, 15) is 13.2 Å². The second kappa shape index (κ2) is 6.95. The number of furan rings is 1. The molecule has 1 aromatic heterocycles. The van der Waals surface area contributed by atoms with Crippen LogP contribution in [0.1, 0.15) is 21.7 Å². The Labute approximate surface area is 135 Å². The zero-order valence-electron chi connectivity index (χ0n) is 12.9. The SMILES string of the molecule is CN(C)S(=O)(=O)c1ccccc1CNC(=O)c1coc(CN)c1. The van der Waals surface area contributed by atoms with Crippen LogP contribution in [-0.2, 0) is 23.1 Å². The monoisotopic (exact) mass is 337 g/mol. The van der Waals surface area contributed by atoms with E-state index in [4.69, 9.17) is 10.2 Å². The van der Waals surface area contributed by atoms with Crippen molar-refractivity contribution in [2.45, 2.75) is 18.0 Å². The van der Waals surface area contributed by atoms with Gasteiger partial charge in [-0.3, -0.25) is 4.79 Å². The maximum atomic E-state index is 12.3. The summed E-state index contributed by atoms with van der Waals surface area (Å²) in [7, 11) is -0.647. The van der Waals surface area contributed by atoms with Gasteiger partial charge in [-0.2, -0.15) is 0 Å². The summed E-state index contributed by atoms with van der Waals surface area (Å²) < 4.78 is 30.8. The Bertz CT molecular complexity index is 797. The highest BCUT2D eigenvalue weighted by atomic mass is 32.2. The molecule has 23 heavy (non-hydrogen) atoms. The maximum absolute atomic E-state index is 12.3. The van der Waals surface area contributed by atoms with Crippen molar-refractivity contribution in [2.75, 3.05) is 14.1 Å². The quantitative estimate of drug-likeness (QED) is 0.815. The minimum atomic E-state index is -3.57. The van der Waals surface area contributed by atoms with Crippen LogP contribution in [0.2, 0.25) is 0 Å². The first-order chi connectivity index (χ1) is 10.9. The van der Waals surface area contributed by atoms with E-state index in [-0.39, 0.29) is 23.9 Å².